The second-order valence-corrected chi connectivity index (χ2v) is 4.22. The maximum atomic E-state index is 10.9. The minimum absolute atomic E-state index is 0.605. The molecule has 0 fully saturated rings. The molecule has 1 atom stereocenters. The van der Waals surface area contributed by atoms with Crippen molar-refractivity contribution < 1.29 is 9.90 Å². The van der Waals surface area contributed by atoms with Crippen LogP contribution in [0.1, 0.15) is 34.6 Å². The molecule has 0 aromatic rings. The van der Waals surface area contributed by atoms with Gasteiger partial charge in [-0.25, -0.2) is 11.4 Å². The molecule has 0 aromatic carbocycles. The summed E-state index contributed by atoms with van der Waals surface area (Å²) in [6, 6.07) is -1.00. The highest BCUT2D eigenvalue weighted by molar-refractivity contribution is 5.77. The van der Waals surface area contributed by atoms with Crippen LogP contribution in [0.2, 0.25) is 0 Å². The lowest BCUT2D eigenvalue weighted by Crippen LogP contribution is -2.35. The fourth-order valence-corrected chi connectivity index (χ4v) is 1.37. The van der Waals surface area contributed by atoms with Gasteiger partial charge in [0.25, 0.3) is 0 Å². The molecule has 0 spiro atoms. The van der Waals surface area contributed by atoms with Crippen LogP contribution in [0.5, 0.6) is 0 Å². The van der Waals surface area contributed by atoms with Crippen molar-refractivity contribution in [2.24, 2.45) is 5.41 Å². The van der Waals surface area contributed by atoms with Crippen molar-refractivity contribution in [3.8, 4) is 0 Å². The van der Waals surface area contributed by atoms with Gasteiger partial charge in [0.1, 0.15) is 0 Å². The van der Waals surface area contributed by atoms with Crippen molar-refractivity contribution in [3.05, 3.63) is 22.6 Å². The first-order valence-electron chi connectivity index (χ1n) is 4.49. The van der Waals surface area contributed by atoms with Gasteiger partial charge in [0, 0.05) is 0 Å². The molecule has 0 amide bonds. The first-order valence-corrected chi connectivity index (χ1v) is 4.49. The molecule has 3 heteroatoms. The quantitative estimate of drug-likeness (QED) is 0.555. The Morgan fingerprint density at radius 1 is 1.36 bits per heavy atom. The minimum atomic E-state index is -1.05. The molecule has 1 N–H and O–H groups in total. The molecule has 0 aromatic heterocycles. The number of nitrogens with zero attached hydrogens (tertiary/aromatic N) is 1. The van der Waals surface area contributed by atoms with E-state index < -0.39 is 17.4 Å². The van der Waals surface area contributed by atoms with Gasteiger partial charge in [-0.05, 0) is 34.6 Å². The summed E-state index contributed by atoms with van der Waals surface area (Å²) in [5.74, 6) is -1.05. The van der Waals surface area contributed by atoms with E-state index in [1.54, 1.807) is 13.8 Å². The van der Waals surface area contributed by atoms with Gasteiger partial charge in [-0.3, -0.25) is 0 Å². The Morgan fingerprint density at radius 2 is 1.79 bits per heavy atom. The van der Waals surface area contributed by atoms with E-state index in [1.165, 1.54) is 0 Å². The number of carbonyl (C=O) groups is 1. The summed E-state index contributed by atoms with van der Waals surface area (Å²) in [5.41, 5.74) is 1.44. The van der Waals surface area contributed by atoms with Gasteiger partial charge in [0.05, 0.1) is 5.41 Å². The molecule has 0 aliphatic heterocycles. The number of allylic oxidation sites excluding steroid dienone is 1. The monoisotopic (exact) mass is 195 g/mol. The van der Waals surface area contributed by atoms with Crippen molar-refractivity contribution in [1.29, 1.82) is 0 Å². The summed E-state index contributed by atoms with van der Waals surface area (Å²) in [5, 5.41) is 8.90. The fraction of sp³-hybridized carbons (Fsp3) is 0.636. The van der Waals surface area contributed by atoms with Crippen LogP contribution in [0.4, 0.5) is 0 Å². The molecule has 78 valence electrons. The van der Waals surface area contributed by atoms with Crippen LogP contribution in [0.25, 0.3) is 4.85 Å². The van der Waals surface area contributed by atoms with Gasteiger partial charge in [0.2, 0.25) is 0 Å². The zero-order valence-corrected chi connectivity index (χ0v) is 9.38. The van der Waals surface area contributed by atoms with E-state index in [-0.39, 0.29) is 0 Å². The number of carboxylic acids is 1. The van der Waals surface area contributed by atoms with Crippen molar-refractivity contribution in [2.75, 3.05) is 0 Å². The smallest absolute Gasteiger partial charge is 0.388 e. The highest BCUT2D eigenvalue weighted by atomic mass is 16.4. The lowest BCUT2D eigenvalue weighted by molar-refractivity contribution is -0.139. The third-order valence-electron chi connectivity index (χ3n) is 2.76. The van der Waals surface area contributed by atoms with Crippen molar-refractivity contribution >= 4 is 5.97 Å². The number of hydrogen-bond donors (Lipinski definition) is 1. The first kappa shape index (κ1) is 12.7. The fourth-order valence-electron chi connectivity index (χ4n) is 1.37. The molecule has 14 heavy (non-hydrogen) atoms. The maximum absolute atomic E-state index is 10.9. The third kappa shape index (κ3) is 2.35. The zero-order valence-electron chi connectivity index (χ0n) is 9.38. The number of carboxylic acid groups (broad SMARTS) is 1. The standard InChI is InChI=1S/C11H17NO2/c1-7(2)8(3)11(4,5)9(12-6)10(13)14/h9H,1-5H3,(H,13,14). The zero-order chi connectivity index (χ0) is 11.5. The number of rotatable bonds is 3. The second kappa shape index (κ2) is 4.28. The molecule has 0 heterocycles. The van der Waals surface area contributed by atoms with Crippen LogP contribution in [0.3, 0.4) is 0 Å². The summed E-state index contributed by atoms with van der Waals surface area (Å²) < 4.78 is 0. The van der Waals surface area contributed by atoms with Gasteiger partial charge in [-0.15, -0.1) is 0 Å². The predicted octanol–water partition coefficient (Wildman–Crippen LogP) is 2.74. The van der Waals surface area contributed by atoms with Crippen LogP contribution >= 0.6 is 0 Å². The van der Waals surface area contributed by atoms with E-state index in [0.29, 0.717) is 0 Å². The summed E-state index contributed by atoms with van der Waals surface area (Å²) in [7, 11) is 0. The lowest BCUT2D eigenvalue weighted by Gasteiger charge is -2.25. The predicted molar refractivity (Wildman–Crippen MR) is 55.9 cm³/mol. The molecular formula is C11H17NO2. The SMILES string of the molecule is [C-]#[N+]C(C(=O)O)C(C)(C)C(C)=C(C)C. The van der Waals surface area contributed by atoms with Gasteiger partial charge >= 0.3 is 12.0 Å². The van der Waals surface area contributed by atoms with Crippen molar-refractivity contribution in [1.82, 2.24) is 0 Å². The van der Waals surface area contributed by atoms with Crippen LogP contribution in [-0.2, 0) is 4.79 Å². The van der Waals surface area contributed by atoms with Crippen LogP contribution in [-0.4, -0.2) is 17.1 Å². The van der Waals surface area contributed by atoms with Crippen LogP contribution in [0.15, 0.2) is 11.1 Å². The van der Waals surface area contributed by atoms with Gasteiger partial charge in [-0.2, -0.15) is 0 Å². The first-order chi connectivity index (χ1) is 6.25. The molecule has 3 nitrogen and oxygen atoms in total. The molecule has 0 rings (SSSR count). The second-order valence-electron chi connectivity index (χ2n) is 4.22. The Labute approximate surface area is 85.3 Å². The van der Waals surface area contributed by atoms with E-state index in [4.69, 9.17) is 11.7 Å². The summed E-state index contributed by atoms with van der Waals surface area (Å²) in [6.45, 7) is 16.2. The van der Waals surface area contributed by atoms with Gasteiger partial charge < -0.3 is 9.95 Å². The maximum Gasteiger partial charge on any atom is 0.388 e. The van der Waals surface area contributed by atoms with E-state index >= 15 is 0 Å². The van der Waals surface area contributed by atoms with E-state index in [9.17, 15) is 4.79 Å². The Balaban J connectivity index is 5.25. The molecule has 0 aliphatic rings. The van der Waals surface area contributed by atoms with Crippen molar-refractivity contribution in [2.45, 2.75) is 40.7 Å². The summed E-state index contributed by atoms with van der Waals surface area (Å²) in [6.07, 6.45) is 0. The average molecular weight is 195 g/mol. The normalized spacial score (nSPS) is 12.9. The third-order valence-corrected chi connectivity index (χ3v) is 2.76. The van der Waals surface area contributed by atoms with E-state index in [1.807, 2.05) is 20.8 Å². The van der Waals surface area contributed by atoms with E-state index in [0.717, 1.165) is 11.1 Å². The highest BCUT2D eigenvalue weighted by Gasteiger charge is 2.42. The van der Waals surface area contributed by atoms with Gasteiger partial charge in [0.15, 0.2) is 0 Å². The molecular weight excluding hydrogens is 178 g/mol. The largest absolute Gasteiger partial charge is 0.475 e. The lowest BCUT2D eigenvalue weighted by atomic mass is 9.76. The topological polar surface area (TPSA) is 41.7 Å². The molecule has 0 aliphatic carbocycles. The Hall–Kier alpha value is -1.30. The minimum Gasteiger partial charge on any atom is -0.475 e. The van der Waals surface area contributed by atoms with Crippen LogP contribution < -0.4 is 0 Å². The molecule has 0 radical (unpaired) electrons. The number of aliphatic carboxylic acids is 1. The van der Waals surface area contributed by atoms with Crippen LogP contribution in [0, 0.1) is 12.0 Å². The average Bonchev–Trinajstić information content (AvgIpc) is 2.02. The summed E-state index contributed by atoms with van der Waals surface area (Å²) >= 11 is 0. The van der Waals surface area contributed by atoms with E-state index in [2.05, 4.69) is 4.85 Å². The summed E-state index contributed by atoms with van der Waals surface area (Å²) in [4.78, 5) is 14.0. The molecule has 0 bridgehead atoms. The Bertz CT molecular complexity index is 304. The highest BCUT2D eigenvalue weighted by Crippen LogP contribution is 2.34. The Kier molecular flexibility index (Phi) is 3.88. The van der Waals surface area contributed by atoms with Crippen molar-refractivity contribution in [3.63, 3.8) is 0 Å². The molecule has 1 unspecified atom stereocenters. The molecule has 0 saturated carbocycles. The molecule has 0 saturated heterocycles. The Morgan fingerprint density at radius 3 is 2.00 bits per heavy atom. The number of hydrogen-bond acceptors (Lipinski definition) is 1. The van der Waals surface area contributed by atoms with Gasteiger partial charge in [-0.1, -0.05) is 11.1 Å².